The Balaban J connectivity index is 1.15. The molecule has 3 aliphatic heterocycles. The van der Waals surface area contributed by atoms with Gasteiger partial charge in [-0.3, -0.25) is 33.6 Å². The summed E-state index contributed by atoms with van der Waals surface area (Å²) in [7, 11) is 1.19. The van der Waals surface area contributed by atoms with E-state index in [2.05, 4.69) is 31.6 Å². The Kier molecular flexibility index (Phi) is 17.8. The van der Waals surface area contributed by atoms with E-state index < -0.39 is 133 Å². The number of hydrogen-bond donors (Lipinski definition) is 12. The number of ketones is 1. The number of benzene rings is 7. The zero-order chi connectivity index (χ0) is 64.0. The number of nitrogens with one attached hydrogen (secondary N) is 6. The largest absolute Gasteiger partial charge is 0.508 e. The number of carboxylic acid groups (broad SMARTS) is 1. The van der Waals surface area contributed by atoms with Crippen LogP contribution in [0.15, 0.2) is 121 Å². The van der Waals surface area contributed by atoms with E-state index in [1.54, 1.807) is 24.3 Å². The fraction of sp³-hybridized carbons (Fsp3) is 0.148. The first kappa shape index (κ1) is 62.6. The Hall–Kier alpha value is -9.42. The molecule has 8 aromatic rings. The highest BCUT2D eigenvalue weighted by atomic mass is 35.5. The smallest absolute Gasteiger partial charge is 0.330 e. The Morgan fingerprint density at radius 3 is 1.70 bits per heavy atom. The maximum absolute atomic E-state index is 15.8. The number of aromatic hydroxyl groups is 5. The van der Waals surface area contributed by atoms with Gasteiger partial charge in [0, 0.05) is 42.2 Å². The molecule has 1 aromatic heterocycles. The molecule has 8 bridgehead atoms. The van der Waals surface area contributed by atoms with Crippen LogP contribution in [0.5, 0.6) is 40.2 Å². The number of nitrogens with zero attached hydrogens (tertiary/aromatic N) is 1. The van der Waals surface area contributed by atoms with Crippen molar-refractivity contribution in [2.45, 2.75) is 49.1 Å². The number of amides is 6. The SMILES string of the molecule is CN1C(=O)[C@@H](c2cc(Cl)c(O)c(Cl)c2)NC(=O)[C@@H]2NC(=O)[C@@H](c3cc(Cl)c(O)c(Cl)c3)NC(=O)[C@H](NC(=O)C(=O)c3cc(Cl)c(O)c(Cl)c3)Cc3cc4ccc(cc4[nH]3)-c3cc2cc(c3O)Oc2ccc(cc2)C[C@H]1C(=O)N[C@@H](C(=O)O)c1ccc(O)cc1. The molecule has 0 saturated heterocycles. The number of carboxylic acids is 1. The van der Waals surface area contributed by atoms with Crippen molar-refractivity contribution in [3.05, 3.63) is 191 Å². The van der Waals surface area contributed by atoms with Gasteiger partial charge in [-0.2, -0.15) is 0 Å². The topological polar surface area (TPSA) is 346 Å². The molecule has 22 nitrogen and oxygen atoms in total. The number of aromatic nitrogens is 1. The van der Waals surface area contributed by atoms with Crippen molar-refractivity contribution in [3.8, 4) is 51.4 Å². The van der Waals surface area contributed by atoms with E-state index in [1.165, 1.54) is 67.7 Å². The van der Waals surface area contributed by atoms with Crippen LogP contribution in [0, 0.1) is 0 Å². The number of aromatic amines is 1. The molecule has 0 fully saturated rings. The average Bonchev–Trinajstić information content (AvgIpc) is 2.31. The Bertz CT molecular complexity index is 4210. The molecule has 6 atom stereocenters. The molecule has 0 aliphatic carbocycles. The summed E-state index contributed by atoms with van der Waals surface area (Å²) in [6.45, 7) is 0. The number of phenolic OH excluding ortho intramolecular Hbond substituents is 5. The molecular weight excluding hydrogens is 1280 g/mol. The molecular formula is C61H45Cl6N7O15. The lowest BCUT2D eigenvalue weighted by Gasteiger charge is -2.33. The van der Waals surface area contributed by atoms with Crippen molar-refractivity contribution in [2.75, 3.05) is 7.05 Å². The number of likely N-dealkylation sites (N-methyl/N-ethyl adjacent to an activating group) is 1. The summed E-state index contributed by atoms with van der Waals surface area (Å²) in [5.41, 5.74) is 0.354. The number of carbonyl (C=O) groups excluding carboxylic acids is 7. The van der Waals surface area contributed by atoms with Crippen molar-refractivity contribution >= 4 is 128 Å². The van der Waals surface area contributed by atoms with E-state index in [0.29, 0.717) is 16.5 Å². The molecule has 456 valence electrons. The van der Waals surface area contributed by atoms with Gasteiger partial charge < -0.3 is 71.8 Å². The highest BCUT2D eigenvalue weighted by Crippen LogP contribution is 2.44. The van der Waals surface area contributed by atoms with Crippen LogP contribution in [-0.2, 0) is 46.4 Å². The van der Waals surface area contributed by atoms with E-state index in [9.17, 15) is 54.6 Å². The van der Waals surface area contributed by atoms with Crippen LogP contribution in [0.2, 0.25) is 30.1 Å². The Morgan fingerprint density at radius 2 is 1.12 bits per heavy atom. The molecule has 0 spiro atoms. The van der Waals surface area contributed by atoms with Crippen LogP contribution in [0.3, 0.4) is 0 Å². The first-order chi connectivity index (χ1) is 42.2. The monoisotopic (exact) mass is 1330 g/mol. The Labute approximate surface area is 532 Å². The summed E-state index contributed by atoms with van der Waals surface area (Å²) in [6, 6.07) is 15.0. The molecule has 28 heteroatoms. The van der Waals surface area contributed by atoms with Crippen molar-refractivity contribution in [3.63, 3.8) is 0 Å². The molecule has 6 amide bonds. The van der Waals surface area contributed by atoms with Gasteiger partial charge in [0.05, 0.1) is 30.1 Å². The van der Waals surface area contributed by atoms with Crippen LogP contribution in [0.1, 0.15) is 68.0 Å². The summed E-state index contributed by atoms with van der Waals surface area (Å²) >= 11 is 38.0. The highest BCUT2D eigenvalue weighted by molar-refractivity contribution is 6.45. The molecule has 0 unspecified atom stereocenters. The van der Waals surface area contributed by atoms with Gasteiger partial charge in [0.25, 0.3) is 5.91 Å². The molecule has 0 radical (unpaired) electrons. The second kappa shape index (κ2) is 25.4. The lowest BCUT2D eigenvalue weighted by Crippen LogP contribution is -2.55. The van der Waals surface area contributed by atoms with Crippen molar-refractivity contribution in [1.29, 1.82) is 0 Å². The third-order valence-corrected chi connectivity index (χ3v) is 16.5. The van der Waals surface area contributed by atoms with Crippen LogP contribution in [0.25, 0.3) is 22.0 Å². The zero-order valence-electron chi connectivity index (χ0n) is 45.5. The first-order valence-corrected chi connectivity index (χ1v) is 28.6. The molecule has 7 aromatic carbocycles. The van der Waals surface area contributed by atoms with Gasteiger partial charge in [0.15, 0.2) is 34.8 Å². The molecule has 0 saturated carbocycles. The van der Waals surface area contributed by atoms with Gasteiger partial charge in [-0.15, -0.1) is 0 Å². The zero-order valence-corrected chi connectivity index (χ0v) is 50.0. The fourth-order valence-electron chi connectivity index (χ4n) is 10.1. The number of fused-ring (bicyclic) bond motifs is 12. The number of carbonyl (C=O) groups is 8. The van der Waals surface area contributed by atoms with E-state index >= 15 is 14.4 Å². The summed E-state index contributed by atoms with van der Waals surface area (Å²) in [4.78, 5) is 121. The number of halogens is 6. The van der Waals surface area contributed by atoms with E-state index in [-0.39, 0.29) is 78.4 Å². The lowest BCUT2D eigenvalue weighted by molar-refractivity contribution is -0.145. The highest BCUT2D eigenvalue weighted by Gasteiger charge is 2.40. The number of Topliss-reactive ketones (excluding diaryl/α,β-unsaturated/α-hetero) is 1. The summed E-state index contributed by atoms with van der Waals surface area (Å²) in [5, 5.41) is 75.0. The normalized spacial score (nSPS) is 18.2. The van der Waals surface area contributed by atoms with Gasteiger partial charge in [-0.25, -0.2) is 4.79 Å². The predicted molar refractivity (Wildman–Crippen MR) is 326 cm³/mol. The van der Waals surface area contributed by atoms with Crippen molar-refractivity contribution < 1.29 is 73.7 Å². The van der Waals surface area contributed by atoms with Gasteiger partial charge in [-0.05, 0) is 124 Å². The number of phenols is 5. The second-order valence-corrected chi connectivity index (χ2v) is 23.1. The van der Waals surface area contributed by atoms with Crippen LogP contribution in [-0.4, -0.2) is 107 Å². The average molecular weight is 1330 g/mol. The number of H-pyrrole nitrogens is 1. The van der Waals surface area contributed by atoms with Gasteiger partial charge in [-0.1, -0.05) is 106 Å². The molecule has 89 heavy (non-hydrogen) atoms. The quantitative estimate of drug-likeness (QED) is 0.0473. The number of aliphatic carboxylic acids is 1. The minimum atomic E-state index is -2.07. The predicted octanol–water partition coefficient (Wildman–Crippen LogP) is 9.20. The molecule has 3 aliphatic rings. The summed E-state index contributed by atoms with van der Waals surface area (Å²) in [6.07, 6.45) is -0.752. The minimum absolute atomic E-state index is 0.00208. The molecule has 12 N–H and O–H groups in total. The molecule has 11 rings (SSSR count). The van der Waals surface area contributed by atoms with E-state index in [1.807, 2.05) is 0 Å². The van der Waals surface area contributed by atoms with Crippen LogP contribution >= 0.6 is 69.6 Å². The number of ether oxygens (including phenoxy) is 1. The number of rotatable bonds is 9. The summed E-state index contributed by atoms with van der Waals surface area (Å²) in [5.74, 6) is -12.7. The van der Waals surface area contributed by atoms with Gasteiger partial charge in [0.1, 0.15) is 41.7 Å². The lowest BCUT2D eigenvalue weighted by atomic mass is 9.95. The second-order valence-electron chi connectivity index (χ2n) is 20.6. The first-order valence-electron chi connectivity index (χ1n) is 26.4. The van der Waals surface area contributed by atoms with Gasteiger partial charge >= 0.3 is 5.97 Å². The fourth-order valence-corrected chi connectivity index (χ4v) is 11.6. The number of hydrogen-bond acceptors (Lipinski definition) is 14. The van der Waals surface area contributed by atoms with Crippen LogP contribution < -0.4 is 31.3 Å². The molecule has 4 heterocycles. The van der Waals surface area contributed by atoms with Crippen LogP contribution in [0.4, 0.5) is 0 Å². The third kappa shape index (κ3) is 13.1. The van der Waals surface area contributed by atoms with Crippen molar-refractivity contribution in [2.24, 2.45) is 0 Å². The standard InChI is InChI=1S/C61H45Cl6N7O15/c1-74-44(56(82)73-49(61(87)88)25-6-8-33(75)9-7-25)12-24-2-10-34(11-3-24)89-45-22-28-14-35(51(45)77)26-4-5-27-13-32(68-42(27)21-26)23-43(69-59(85)50(76)31-19-40(66)54(80)41(67)20-31)55(81)70-47(29-15-36(62)52(78)37(63)16-29)57(83)71-46(28)58(84)72-48(60(74)86)30-17-38(64)53(79)39(65)18-30/h2-11,13-22,43-44,46-49,68,75,77-80H,12,23H2,1H3,(H,69,85)(H,70,81)(H,71,83)(H,72,84)(H,73,82)(H,87,88)/t43-,44+,46-,47-,48-,49-/m1/s1. The third-order valence-electron chi connectivity index (χ3n) is 14.8. The maximum Gasteiger partial charge on any atom is 0.330 e. The van der Waals surface area contributed by atoms with Crippen molar-refractivity contribution in [1.82, 2.24) is 36.5 Å². The minimum Gasteiger partial charge on any atom is -0.508 e. The summed E-state index contributed by atoms with van der Waals surface area (Å²) < 4.78 is 6.37. The van der Waals surface area contributed by atoms with Gasteiger partial charge in [0.2, 0.25) is 35.3 Å². The maximum atomic E-state index is 15.8. The van der Waals surface area contributed by atoms with E-state index in [4.69, 9.17) is 74.3 Å². The Morgan fingerprint density at radius 1 is 0.596 bits per heavy atom. The van der Waals surface area contributed by atoms with E-state index in [0.717, 1.165) is 41.3 Å².